The van der Waals surface area contributed by atoms with Crippen LogP contribution in [0.1, 0.15) is 16.9 Å². The van der Waals surface area contributed by atoms with Gasteiger partial charge in [-0.15, -0.1) is 0 Å². The third kappa shape index (κ3) is 2.52. The number of carbonyl (C=O) groups excluding carboxylic acids is 2. The van der Waals surface area contributed by atoms with Crippen molar-refractivity contribution in [2.45, 2.75) is 13.8 Å². The van der Waals surface area contributed by atoms with Gasteiger partial charge in [0.05, 0.1) is 16.9 Å². The van der Waals surface area contributed by atoms with Crippen LogP contribution in [-0.4, -0.2) is 11.1 Å². The summed E-state index contributed by atoms with van der Waals surface area (Å²) in [4.78, 5) is 26.2. The van der Waals surface area contributed by atoms with Crippen LogP contribution in [0.2, 0.25) is 0 Å². The van der Waals surface area contributed by atoms with Crippen molar-refractivity contribution >= 4 is 34.7 Å². The van der Waals surface area contributed by atoms with Gasteiger partial charge in [0.2, 0.25) is 0 Å². The number of anilines is 1. The van der Waals surface area contributed by atoms with E-state index in [9.17, 15) is 9.59 Å². The minimum Gasteiger partial charge on any atom is -0.465 e. The summed E-state index contributed by atoms with van der Waals surface area (Å²) in [5, 5.41) is -0.287. The van der Waals surface area contributed by atoms with Gasteiger partial charge in [-0.25, -0.2) is 4.90 Å². The van der Waals surface area contributed by atoms with Crippen LogP contribution in [0.15, 0.2) is 45.9 Å². The lowest BCUT2D eigenvalue weighted by Gasteiger charge is -2.15. The third-order valence-electron chi connectivity index (χ3n) is 3.20. The maximum Gasteiger partial charge on any atom is 0.298 e. The van der Waals surface area contributed by atoms with E-state index in [-0.39, 0.29) is 11.1 Å². The first-order valence-corrected chi connectivity index (χ1v) is 7.26. The Morgan fingerprint density at radius 3 is 2.67 bits per heavy atom. The van der Waals surface area contributed by atoms with E-state index in [4.69, 9.17) is 4.42 Å². The first-order chi connectivity index (χ1) is 10.1. The Balaban J connectivity index is 1.98. The highest BCUT2D eigenvalue weighted by Crippen LogP contribution is 2.37. The lowest BCUT2D eigenvalue weighted by atomic mass is 10.1. The molecule has 1 aromatic heterocycles. The van der Waals surface area contributed by atoms with E-state index in [2.05, 4.69) is 0 Å². The molecule has 0 bridgehead atoms. The highest BCUT2D eigenvalue weighted by atomic mass is 32.2. The molecule has 1 fully saturated rings. The molecule has 1 saturated heterocycles. The summed E-state index contributed by atoms with van der Waals surface area (Å²) in [6, 6.07) is 9.12. The summed E-state index contributed by atoms with van der Waals surface area (Å²) < 4.78 is 5.19. The van der Waals surface area contributed by atoms with Crippen molar-refractivity contribution in [2.24, 2.45) is 0 Å². The van der Waals surface area contributed by atoms with Gasteiger partial charge >= 0.3 is 0 Å². The lowest BCUT2D eigenvalue weighted by molar-refractivity contribution is -0.113. The number of carbonyl (C=O) groups is 2. The minimum absolute atomic E-state index is 0.287. The second-order valence-corrected chi connectivity index (χ2v) is 5.82. The first kappa shape index (κ1) is 13.7. The number of hydrogen-bond donors (Lipinski definition) is 0. The Labute approximate surface area is 126 Å². The number of benzene rings is 1. The number of furan rings is 1. The molecule has 2 aromatic rings. The monoisotopic (exact) mass is 299 g/mol. The van der Waals surface area contributed by atoms with Gasteiger partial charge < -0.3 is 4.42 Å². The van der Waals surface area contributed by atoms with Gasteiger partial charge in [0, 0.05) is 6.08 Å². The predicted molar refractivity (Wildman–Crippen MR) is 83.1 cm³/mol. The SMILES string of the molecule is Cc1ccc(N2C(=O)S/C(=C/c3ccco3)C2=O)c(C)c1. The molecule has 1 aliphatic rings. The standard InChI is InChI=1S/C16H13NO3S/c1-10-5-6-13(11(2)8-10)17-15(18)14(21-16(17)19)9-12-4-3-7-20-12/h3-9H,1-2H3/b14-9+. The van der Waals surface area contributed by atoms with Crippen molar-refractivity contribution in [3.05, 3.63) is 58.4 Å². The molecule has 21 heavy (non-hydrogen) atoms. The number of imide groups is 1. The summed E-state index contributed by atoms with van der Waals surface area (Å²) >= 11 is 0.926. The molecule has 3 rings (SSSR count). The Hall–Kier alpha value is -2.27. The molecule has 0 unspecified atom stereocenters. The molecule has 0 aliphatic carbocycles. The lowest BCUT2D eigenvalue weighted by Crippen LogP contribution is -2.28. The largest absolute Gasteiger partial charge is 0.465 e. The van der Waals surface area contributed by atoms with Gasteiger partial charge in [0.15, 0.2) is 0 Å². The van der Waals surface area contributed by atoms with Crippen molar-refractivity contribution in [3.8, 4) is 0 Å². The third-order valence-corrected chi connectivity index (χ3v) is 4.07. The Morgan fingerprint density at radius 2 is 2.00 bits per heavy atom. The Kier molecular flexibility index (Phi) is 3.43. The van der Waals surface area contributed by atoms with E-state index in [1.165, 1.54) is 11.2 Å². The van der Waals surface area contributed by atoms with E-state index in [1.54, 1.807) is 24.3 Å². The molecule has 0 N–H and O–H groups in total. The molecule has 1 aliphatic heterocycles. The molecule has 0 radical (unpaired) electrons. The number of hydrogen-bond acceptors (Lipinski definition) is 4. The zero-order chi connectivity index (χ0) is 15.0. The van der Waals surface area contributed by atoms with Crippen molar-refractivity contribution in [2.75, 3.05) is 4.90 Å². The smallest absolute Gasteiger partial charge is 0.298 e. The van der Waals surface area contributed by atoms with Gasteiger partial charge in [0.1, 0.15) is 5.76 Å². The number of thioether (sulfide) groups is 1. The van der Waals surface area contributed by atoms with E-state index in [0.29, 0.717) is 16.4 Å². The summed E-state index contributed by atoms with van der Waals surface area (Å²) in [6.45, 7) is 3.86. The topological polar surface area (TPSA) is 50.5 Å². The fourth-order valence-corrected chi connectivity index (χ4v) is 3.05. The second kappa shape index (κ2) is 5.26. The van der Waals surface area contributed by atoms with Gasteiger partial charge in [-0.1, -0.05) is 17.7 Å². The average molecular weight is 299 g/mol. The van der Waals surface area contributed by atoms with Crippen molar-refractivity contribution in [1.29, 1.82) is 0 Å². The zero-order valence-electron chi connectivity index (χ0n) is 11.6. The molecule has 1 aromatic carbocycles. The van der Waals surface area contributed by atoms with Crippen molar-refractivity contribution in [3.63, 3.8) is 0 Å². The molecule has 0 spiro atoms. The normalized spacial score (nSPS) is 17.0. The number of nitrogens with zero attached hydrogens (tertiary/aromatic N) is 1. The van der Waals surface area contributed by atoms with Crippen LogP contribution in [0, 0.1) is 13.8 Å². The molecule has 4 nitrogen and oxygen atoms in total. The molecule has 2 heterocycles. The van der Waals surface area contributed by atoms with Crippen LogP contribution >= 0.6 is 11.8 Å². The van der Waals surface area contributed by atoms with Crippen LogP contribution < -0.4 is 4.90 Å². The van der Waals surface area contributed by atoms with Gasteiger partial charge in [-0.3, -0.25) is 9.59 Å². The number of aryl methyl sites for hydroxylation is 2. The van der Waals surface area contributed by atoms with Gasteiger partial charge in [0.25, 0.3) is 11.1 Å². The fraction of sp³-hybridized carbons (Fsp3) is 0.125. The first-order valence-electron chi connectivity index (χ1n) is 6.45. The molecule has 0 saturated carbocycles. The van der Waals surface area contributed by atoms with E-state index in [0.717, 1.165) is 22.9 Å². The number of rotatable bonds is 2. The maximum absolute atomic E-state index is 12.5. The van der Waals surface area contributed by atoms with E-state index in [1.807, 2.05) is 26.0 Å². The van der Waals surface area contributed by atoms with Crippen LogP contribution in [0.4, 0.5) is 10.5 Å². The van der Waals surface area contributed by atoms with E-state index >= 15 is 0 Å². The summed E-state index contributed by atoms with van der Waals surface area (Å²) in [6.07, 6.45) is 3.12. The molecular weight excluding hydrogens is 286 g/mol. The second-order valence-electron chi connectivity index (χ2n) is 4.82. The zero-order valence-corrected chi connectivity index (χ0v) is 12.4. The van der Waals surface area contributed by atoms with Crippen LogP contribution in [0.3, 0.4) is 0 Å². The summed E-state index contributed by atoms with van der Waals surface area (Å²) in [7, 11) is 0. The van der Waals surface area contributed by atoms with Crippen LogP contribution in [0.5, 0.6) is 0 Å². The number of amides is 2. The quantitative estimate of drug-likeness (QED) is 0.782. The van der Waals surface area contributed by atoms with E-state index < -0.39 is 0 Å². The fourth-order valence-electron chi connectivity index (χ4n) is 2.23. The molecule has 5 heteroatoms. The Morgan fingerprint density at radius 1 is 1.19 bits per heavy atom. The predicted octanol–water partition coefficient (Wildman–Crippen LogP) is 4.14. The molecular formula is C16H13NO3S. The van der Waals surface area contributed by atoms with Crippen molar-refractivity contribution < 1.29 is 14.0 Å². The van der Waals surface area contributed by atoms with Crippen LogP contribution in [-0.2, 0) is 4.79 Å². The van der Waals surface area contributed by atoms with Gasteiger partial charge in [-0.05, 0) is 49.4 Å². The van der Waals surface area contributed by atoms with Gasteiger partial charge in [-0.2, -0.15) is 0 Å². The molecule has 2 amide bonds. The highest BCUT2D eigenvalue weighted by molar-refractivity contribution is 8.19. The maximum atomic E-state index is 12.5. The Bertz CT molecular complexity index is 747. The molecule has 106 valence electrons. The van der Waals surface area contributed by atoms with Crippen molar-refractivity contribution in [1.82, 2.24) is 0 Å². The average Bonchev–Trinajstić information content (AvgIpc) is 3.02. The minimum atomic E-state index is -0.312. The summed E-state index contributed by atoms with van der Waals surface area (Å²) in [5.41, 5.74) is 2.62. The molecule has 0 atom stereocenters. The highest BCUT2D eigenvalue weighted by Gasteiger charge is 2.37. The van der Waals surface area contributed by atoms with Crippen LogP contribution in [0.25, 0.3) is 6.08 Å². The summed E-state index contributed by atoms with van der Waals surface area (Å²) in [5.74, 6) is 0.245.